The number of Topliss-reactive ketones (excluding diaryl/α,β-unsaturated/α-hetero) is 1. The Bertz CT molecular complexity index is 689. The molecule has 6 heteroatoms. The maximum absolute atomic E-state index is 13.7. The molecule has 0 rings (SSSR count). The van der Waals surface area contributed by atoms with E-state index in [1.807, 2.05) is 41.5 Å². The second kappa shape index (κ2) is 13.3. The van der Waals surface area contributed by atoms with Gasteiger partial charge >= 0.3 is 5.97 Å². The van der Waals surface area contributed by atoms with Gasteiger partial charge in [-0.25, -0.2) is 4.79 Å². The number of ketones is 1. The Kier molecular flexibility index (Phi) is 12.6. The molecule has 0 spiro atoms. The maximum atomic E-state index is 13.7. The van der Waals surface area contributed by atoms with Crippen LogP contribution in [0.2, 0.25) is 0 Å². The Morgan fingerprint density at radius 3 is 1.91 bits per heavy atom. The number of unbranched alkanes of at least 4 members (excludes halogenated alkanes) is 2. The summed E-state index contributed by atoms with van der Waals surface area (Å²) in [6.07, 6.45) is 5.90. The quantitative estimate of drug-likeness (QED) is 0.241. The van der Waals surface area contributed by atoms with Crippen molar-refractivity contribution in [2.24, 2.45) is 28.6 Å². The smallest absolute Gasteiger partial charge is 0.330 e. The zero-order valence-corrected chi connectivity index (χ0v) is 23.0. The van der Waals surface area contributed by atoms with Crippen molar-refractivity contribution < 1.29 is 19.5 Å². The van der Waals surface area contributed by atoms with Gasteiger partial charge in [-0.15, -0.1) is 0 Å². The van der Waals surface area contributed by atoms with Crippen molar-refractivity contribution in [2.75, 3.05) is 7.05 Å². The van der Waals surface area contributed by atoms with E-state index in [2.05, 4.69) is 31.4 Å². The number of carbonyl (C=O) groups excluding carboxylic acids is 2. The normalized spacial score (nSPS) is 16.8. The summed E-state index contributed by atoms with van der Waals surface area (Å²) in [7, 11) is 1.79. The van der Waals surface area contributed by atoms with Gasteiger partial charge in [0.25, 0.3) is 0 Å². The average molecular weight is 467 g/mol. The molecule has 0 aliphatic rings. The highest BCUT2D eigenvalue weighted by Gasteiger charge is 2.41. The number of carboxylic acid groups (broad SMARTS) is 1. The Morgan fingerprint density at radius 1 is 0.970 bits per heavy atom. The summed E-state index contributed by atoms with van der Waals surface area (Å²) in [5.74, 6) is -1.81. The molecule has 1 amide bonds. The van der Waals surface area contributed by atoms with Gasteiger partial charge in [0.2, 0.25) is 5.91 Å². The highest BCUT2D eigenvalue weighted by Crippen LogP contribution is 2.32. The Labute approximate surface area is 202 Å². The molecule has 0 bridgehead atoms. The van der Waals surface area contributed by atoms with Gasteiger partial charge < -0.3 is 15.7 Å². The minimum absolute atomic E-state index is 0.0670. The van der Waals surface area contributed by atoms with E-state index < -0.39 is 29.4 Å². The van der Waals surface area contributed by atoms with Gasteiger partial charge in [-0.3, -0.25) is 9.59 Å². The first-order valence-electron chi connectivity index (χ1n) is 12.4. The van der Waals surface area contributed by atoms with E-state index in [0.717, 1.165) is 25.7 Å². The lowest BCUT2D eigenvalue weighted by Gasteiger charge is -2.38. The van der Waals surface area contributed by atoms with Crippen LogP contribution < -0.4 is 10.6 Å². The van der Waals surface area contributed by atoms with Gasteiger partial charge in [0.05, 0.1) is 12.1 Å². The number of carboxylic acids is 1. The largest absolute Gasteiger partial charge is 0.478 e. The molecule has 0 aromatic carbocycles. The van der Waals surface area contributed by atoms with Crippen LogP contribution in [0.5, 0.6) is 0 Å². The number of amides is 1. The fraction of sp³-hybridized carbons (Fsp3) is 0.815. The second-order valence-electron chi connectivity index (χ2n) is 11.6. The molecule has 0 aromatic heterocycles. The summed E-state index contributed by atoms with van der Waals surface area (Å²) >= 11 is 0. The SMILES string of the molecule is CCCCCC(C)(C)[C@@H](NC)C(=O)N[C@H](C(=O)C(C)[C@@H](/C=C(\C)C(=O)O)C(C)C)C(C)(C)C. The predicted octanol–water partition coefficient (Wildman–Crippen LogP) is 5.22. The molecule has 4 atom stereocenters. The van der Waals surface area contributed by atoms with Crippen molar-refractivity contribution in [3.63, 3.8) is 0 Å². The van der Waals surface area contributed by atoms with Crippen LogP contribution in [0.3, 0.4) is 0 Å². The molecule has 0 heterocycles. The van der Waals surface area contributed by atoms with Gasteiger partial charge in [-0.2, -0.15) is 0 Å². The molecule has 33 heavy (non-hydrogen) atoms. The van der Waals surface area contributed by atoms with Crippen molar-refractivity contribution in [2.45, 2.75) is 107 Å². The van der Waals surface area contributed by atoms with E-state index in [1.165, 1.54) is 0 Å². The molecule has 0 aliphatic heterocycles. The third kappa shape index (κ3) is 9.60. The van der Waals surface area contributed by atoms with Crippen LogP contribution in [-0.2, 0) is 14.4 Å². The average Bonchev–Trinajstić information content (AvgIpc) is 2.68. The monoisotopic (exact) mass is 466 g/mol. The number of nitrogens with one attached hydrogen (secondary N) is 2. The fourth-order valence-electron chi connectivity index (χ4n) is 4.52. The van der Waals surface area contributed by atoms with Crippen molar-refractivity contribution in [1.29, 1.82) is 0 Å². The molecule has 6 nitrogen and oxygen atoms in total. The summed E-state index contributed by atoms with van der Waals surface area (Å²) in [5.41, 5.74) is -0.514. The molecule has 0 fully saturated rings. The molecule has 0 saturated heterocycles. The van der Waals surface area contributed by atoms with Gasteiger partial charge in [-0.05, 0) is 43.1 Å². The van der Waals surface area contributed by atoms with Crippen molar-refractivity contribution in [1.82, 2.24) is 10.6 Å². The van der Waals surface area contributed by atoms with E-state index in [-0.39, 0.29) is 34.5 Å². The van der Waals surface area contributed by atoms with Crippen LogP contribution in [0.1, 0.15) is 94.9 Å². The van der Waals surface area contributed by atoms with Crippen molar-refractivity contribution >= 4 is 17.7 Å². The summed E-state index contributed by atoms with van der Waals surface area (Å²) < 4.78 is 0. The van der Waals surface area contributed by atoms with Crippen LogP contribution in [0.25, 0.3) is 0 Å². The zero-order valence-electron chi connectivity index (χ0n) is 23.0. The second-order valence-corrected chi connectivity index (χ2v) is 11.6. The molecular weight excluding hydrogens is 416 g/mol. The van der Waals surface area contributed by atoms with Crippen molar-refractivity contribution in [3.05, 3.63) is 11.6 Å². The third-order valence-electron chi connectivity index (χ3n) is 6.77. The standard InChI is InChI=1S/C27H50N2O4/c1-12-13-14-15-27(9,10)23(28-11)24(31)29-22(26(6,7)8)21(30)19(5)20(17(2)3)16-18(4)25(32)33/h16-17,19-20,22-23,28H,12-15H2,1-11H3,(H,29,31)(H,32,33)/b18-16+/t19?,20-,22+,23-/m0/s1. The number of rotatable bonds is 14. The zero-order chi connectivity index (χ0) is 26.1. The number of allylic oxidation sites excluding steroid dienone is 1. The van der Waals surface area contributed by atoms with E-state index >= 15 is 0 Å². The summed E-state index contributed by atoms with van der Waals surface area (Å²) in [5, 5.41) is 15.6. The van der Waals surface area contributed by atoms with Crippen LogP contribution in [0.15, 0.2) is 11.6 Å². The Balaban J connectivity index is 5.88. The van der Waals surface area contributed by atoms with Gasteiger partial charge in [0, 0.05) is 11.5 Å². The van der Waals surface area contributed by atoms with E-state index in [0.29, 0.717) is 0 Å². The third-order valence-corrected chi connectivity index (χ3v) is 6.77. The van der Waals surface area contributed by atoms with Crippen molar-refractivity contribution in [3.8, 4) is 0 Å². The summed E-state index contributed by atoms with van der Waals surface area (Å²) in [6, 6.07) is -1.10. The predicted molar refractivity (Wildman–Crippen MR) is 136 cm³/mol. The number of carbonyl (C=O) groups is 3. The van der Waals surface area contributed by atoms with Crippen LogP contribution in [0, 0.1) is 28.6 Å². The van der Waals surface area contributed by atoms with Gasteiger partial charge in [-0.1, -0.05) is 87.7 Å². The van der Waals surface area contributed by atoms with E-state index in [1.54, 1.807) is 20.0 Å². The lowest BCUT2D eigenvalue weighted by atomic mass is 9.73. The number of hydrogen-bond acceptors (Lipinski definition) is 4. The first-order chi connectivity index (χ1) is 15.0. The Morgan fingerprint density at radius 2 is 1.52 bits per heavy atom. The number of likely N-dealkylation sites (N-methyl/N-ethyl adjacent to an activating group) is 1. The minimum Gasteiger partial charge on any atom is -0.478 e. The molecule has 0 radical (unpaired) electrons. The summed E-state index contributed by atoms with van der Waals surface area (Å²) in [4.78, 5) is 38.4. The fourth-order valence-corrected chi connectivity index (χ4v) is 4.52. The molecule has 0 aromatic rings. The minimum atomic E-state index is -0.983. The summed E-state index contributed by atoms with van der Waals surface area (Å²) in [6.45, 7) is 19.6. The maximum Gasteiger partial charge on any atom is 0.330 e. The molecule has 0 saturated carbocycles. The highest BCUT2D eigenvalue weighted by molar-refractivity contribution is 5.93. The molecule has 1 unspecified atom stereocenters. The van der Waals surface area contributed by atoms with E-state index in [9.17, 15) is 19.5 Å². The van der Waals surface area contributed by atoms with Crippen LogP contribution >= 0.6 is 0 Å². The first kappa shape index (κ1) is 31.3. The molecule has 192 valence electrons. The molecule has 0 aliphatic carbocycles. The van der Waals surface area contributed by atoms with E-state index in [4.69, 9.17) is 0 Å². The lowest BCUT2D eigenvalue weighted by molar-refractivity contribution is -0.135. The van der Waals surface area contributed by atoms with Crippen LogP contribution in [0.4, 0.5) is 0 Å². The molecule has 3 N–H and O–H groups in total. The highest BCUT2D eigenvalue weighted by atomic mass is 16.4. The Hall–Kier alpha value is -1.69. The number of aliphatic carboxylic acids is 1. The number of hydrogen-bond donors (Lipinski definition) is 3. The first-order valence-corrected chi connectivity index (χ1v) is 12.4. The van der Waals surface area contributed by atoms with Gasteiger partial charge in [0.1, 0.15) is 0 Å². The topological polar surface area (TPSA) is 95.5 Å². The van der Waals surface area contributed by atoms with Crippen LogP contribution in [-0.4, -0.2) is 41.9 Å². The molecular formula is C27H50N2O4. The van der Waals surface area contributed by atoms with Gasteiger partial charge in [0.15, 0.2) is 5.78 Å². The lowest BCUT2D eigenvalue weighted by Crippen LogP contribution is -2.59.